The van der Waals surface area contributed by atoms with Crippen molar-refractivity contribution in [3.05, 3.63) is 93.1 Å². The number of halogens is 1. The van der Waals surface area contributed by atoms with Gasteiger partial charge in [0.1, 0.15) is 34.5 Å². The smallest absolute Gasteiger partial charge is 0.344 e. The Kier molecular flexibility index (Phi) is 8.35. The molecule has 2 aliphatic rings. The molecule has 11 heteroatoms. The van der Waals surface area contributed by atoms with Gasteiger partial charge in [-0.25, -0.2) is 9.79 Å². The average molecular weight is 664 g/mol. The molecular weight excluding hydrogens is 636 g/mol. The van der Waals surface area contributed by atoms with Gasteiger partial charge in [0, 0.05) is 33.2 Å². The summed E-state index contributed by atoms with van der Waals surface area (Å²) in [6.45, 7) is 3.09. The molecule has 9 nitrogen and oxygen atoms in total. The minimum Gasteiger partial charge on any atom is -0.506 e. The van der Waals surface area contributed by atoms with Crippen LogP contribution in [0.1, 0.15) is 12.5 Å². The Morgan fingerprint density at radius 3 is 2.67 bits per heavy atom. The Labute approximate surface area is 260 Å². The van der Waals surface area contributed by atoms with E-state index in [4.69, 9.17) is 23.7 Å². The second kappa shape index (κ2) is 12.5. The van der Waals surface area contributed by atoms with Gasteiger partial charge >= 0.3 is 5.97 Å². The molecule has 4 aromatic rings. The van der Waals surface area contributed by atoms with E-state index >= 15 is 0 Å². The summed E-state index contributed by atoms with van der Waals surface area (Å²) in [6.07, 6.45) is 3.86. The first-order chi connectivity index (χ1) is 20.9. The van der Waals surface area contributed by atoms with Crippen LogP contribution in [-0.4, -0.2) is 47.8 Å². The van der Waals surface area contributed by atoms with Gasteiger partial charge in [-0.05, 0) is 67.6 Å². The number of thioether (sulfide) groups is 1. The third-order valence-corrected chi connectivity index (χ3v) is 8.29. The molecular formula is C32H27BrN2O7S. The largest absolute Gasteiger partial charge is 0.506 e. The van der Waals surface area contributed by atoms with Crippen molar-refractivity contribution in [2.24, 2.45) is 4.99 Å². The molecule has 43 heavy (non-hydrogen) atoms. The van der Waals surface area contributed by atoms with E-state index in [0.29, 0.717) is 51.8 Å². The number of ether oxygens (including phenoxy) is 5. The first-order valence-corrected chi connectivity index (χ1v) is 15.1. The van der Waals surface area contributed by atoms with E-state index in [1.807, 2.05) is 48.7 Å². The van der Waals surface area contributed by atoms with Crippen LogP contribution in [0.15, 0.2) is 92.6 Å². The van der Waals surface area contributed by atoms with Gasteiger partial charge in [0.2, 0.25) is 6.79 Å². The normalized spacial score (nSPS) is 16.0. The number of carbonyl (C=O) groups excluding carboxylic acids is 1. The summed E-state index contributed by atoms with van der Waals surface area (Å²) in [5.74, 6) is 1.96. The monoisotopic (exact) mass is 662 g/mol. The molecule has 0 saturated carbocycles. The minimum atomic E-state index is -0.631. The molecule has 3 heterocycles. The number of rotatable bonds is 9. The fraction of sp³-hybridized carbons (Fsp3) is 0.188. The second-order valence-electron chi connectivity index (χ2n) is 9.47. The summed E-state index contributed by atoms with van der Waals surface area (Å²) in [5.41, 5.74) is 2.51. The molecule has 0 bridgehead atoms. The molecule has 0 aliphatic carbocycles. The zero-order valence-corrected chi connectivity index (χ0v) is 25.7. The highest BCUT2D eigenvalue weighted by Gasteiger charge is 2.33. The summed E-state index contributed by atoms with van der Waals surface area (Å²) in [7, 11) is 1.59. The van der Waals surface area contributed by atoms with Crippen LogP contribution in [0.2, 0.25) is 0 Å². The number of methoxy groups -OCH3 is 1. The molecule has 0 fully saturated rings. The van der Waals surface area contributed by atoms with Crippen molar-refractivity contribution in [3.8, 4) is 23.0 Å². The lowest BCUT2D eigenvalue weighted by Gasteiger charge is -2.09. The van der Waals surface area contributed by atoms with E-state index in [-0.39, 0.29) is 24.7 Å². The number of benzene rings is 3. The maximum absolute atomic E-state index is 12.9. The summed E-state index contributed by atoms with van der Waals surface area (Å²) < 4.78 is 30.3. The summed E-state index contributed by atoms with van der Waals surface area (Å²) in [5, 5.41) is 12.6. The Hall–Kier alpha value is -4.35. The molecule has 1 aromatic heterocycles. The highest BCUT2D eigenvalue weighted by Crippen LogP contribution is 2.41. The number of aliphatic imine (C=N–C) groups is 1. The van der Waals surface area contributed by atoms with Crippen LogP contribution >= 0.6 is 27.7 Å². The lowest BCUT2D eigenvalue weighted by atomic mass is 10.1. The molecule has 220 valence electrons. The van der Waals surface area contributed by atoms with Crippen molar-refractivity contribution in [2.45, 2.75) is 13.5 Å². The van der Waals surface area contributed by atoms with E-state index in [2.05, 4.69) is 25.5 Å². The van der Waals surface area contributed by atoms with Gasteiger partial charge in [-0.15, -0.1) is 0 Å². The van der Waals surface area contributed by atoms with Gasteiger partial charge < -0.3 is 33.4 Å². The molecule has 0 spiro atoms. The molecule has 0 radical (unpaired) electrons. The molecule has 0 amide bonds. The Morgan fingerprint density at radius 2 is 1.88 bits per heavy atom. The van der Waals surface area contributed by atoms with Crippen LogP contribution in [0, 0.1) is 0 Å². The molecule has 3 aromatic carbocycles. The van der Waals surface area contributed by atoms with Crippen LogP contribution in [0.4, 0.5) is 5.69 Å². The van der Waals surface area contributed by atoms with Gasteiger partial charge in [0.15, 0.2) is 11.5 Å². The summed E-state index contributed by atoms with van der Waals surface area (Å²) in [6, 6.07) is 18.7. The highest BCUT2D eigenvalue weighted by atomic mass is 79.9. The predicted octanol–water partition coefficient (Wildman–Crippen LogP) is 7.41. The van der Waals surface area contributed by atoms with E-state index in [1.165, 1.54) is 11.8 Å². The van der Waals surface area contributed by atoms with Crippen LogP contribution in [-0.2, 0) is 16.1 Å². The highest BCUT2D eigenvalue weighted by molar-refractivity contribution is 9.10. The quantitative estimate of drug-likeness (QED) is 0.185. The number of fused-ring (bicyclic) bond motifs is 2. The molecule has 2 aliphatic heterocycles. The second-order valence-corrected chi connectivity index (χ2v) is 11.4. The van der Waals surface area contributed by atoms with Gasteiger partial charge in [-0.3, -0.25) is 0 Å². The Morgan fingerprint density at radius 1 is 1.09 bits per heavy atom. The SMILES string of the molecule is CCOC(=O)C1=C(O)/C(=C/c2cn(CCOc3ccc4c(c3)OCO4)c3ccc(Br)cc23)SC1=Nc1ccc(OC)cc1. The lowest BCUT2D eigenvalue weighted by Crippen LogP contribution is -2.12. The fourth-order valence-electron chi connectivity index (χ4n) is 4.73. The van der Waals surface area contributed by atoms with Crippen LogP contribution in [0.5, 0.6) is 23.0 Å². The number of hydrogen-bond donors (Lipinski definition) is 1. The van der Waals surface area contributed by atoms with Crippen LogP contribution in [0.3, 0.4) is 0 Å². The summed E-state index contributed by atoms with van der Waals surface area (Å²) in [4.78, 5) is 18.0. The number of nitrogens with zero attached hydrogens (tertiary/aromatic N) is 2. The topological polar surface area (TPSA) is 101 Å². The first-order valence-electron chi connectivity index (χ1n) is 13.5. The third-order valence-electron chi connectivity index (χ3n) is 6.78. The summed E-state index contributed by atoms with van der Waals surface area (Å²) >= 11 is 4.80. The van der Waals surface area contributed by atoms with E-state index in [0.717, 1.165) is 20.9 Å². The van der Waals surface area contributed by atoms with Crippen molar-refractivity contribution in [1.82, 2.24) is 4.57 Å². The van der Waals surface area contributed by atoms with E-state index in [1.54, 1.807) is 38.3 Å². The number of aliphatic hydroxyl groups excluding tert-OH is 1. The van der Waals surface area contributed by atoms with Gasteiger partial charge in [0.05, 0.1) is 30.9 Å². The van der Waals surface area contributed by atoms with Crippen molar-refractivity contribution in [2.75, 3.05) is 27.1 Å². The van der Waals surface area contributed by atoms with Crippen molar-refractivity contribution in [1.29, 1.82) is 0 Å². The maximum Gasteiger partial charge on any atom is 0.344 e. The first kappa shape index (κ1) is 28.8. The number of hydrogen-bond acceptors (Lipinski definition) is 9. The third kappa shape index (κ3) is 6.09. The standard InChI is InChI=1S/C32H27BrN2O7S/c1-3-39-32(37)29-30(36)28(43-31(29)34-21-5-7-22(38-2)8-6-21)14-19-17-35(25-10-4-20(33)15-24(19)25)12-13-40-23-9-11-26-27(16-23)42-18-41-26/h4-11,14-17,36H,3,12-13,18H2,1-2H3/b28-14-,34-31?. The Balaban J connectivity index is 1.30. The number of aromatic nitrogens is 1. The number of esters is 1. The molecule has 0 unspecified atom stereocenters. The van der Waals surface area contributed by atoms with Crippen LogP contribution < -0.4 is 18.9 Å². The molecule has 0 saturated heterocycles. The van der Waals surface area contributed by atoms with E-state index in [9.17, 15) is 9.90 Å². The van der Waals surface area contributed by atoms with Crippen LogP contribution in [0.25, 0.3) is 17.0 Å². The van der Waals surface area contributed by atoms with Gasteiger partial charge in [-0.1, -0.05) is 27.7 Å². The van der Waals surface area contributed by atoms with Crippen molar-refractivity contribution < 1.29 is 33.6 Å². The van der Waals surface area contributed by atoms with Gasteiger partial charge in [0.25, 0.3) is 0 Å². The number of carbonyl (C=O) groups is 1. The molecule has 6 rings (SSSR count). The van der Waals surface area contributed by atoms with Crippen molar-refractivity contribution in [3.63, 3.8) is 0 Å². The molecule has 0 atom stereocenters. The lowest BCUT2D eigenvalue weighted by molar-refractivity contribution is -0.138. The molecule has 1 N–H and O–H groups in total. The zero-order chi connectivity index (χ0) is 29.9. The maximum atomic E-state index is 12.9. The van der Waals surface area contributed by atoms with Gasteiger partial charge in [-0.2, -0.15) is 0 Å². The fourth-order valence-corrected chi connectivity index (χ4v) is 6.12. The zero-order valence-electron chi connectivity index (χ0n) is 23.3. The van der Waals surface area contributed by atoms with E-state index < -0.39 is 5.97 Å². The Bertz CT molecular complexity index is 1790. The van der Waals surface area contributed by atoms with Crippen molar-refractivity contribution >= 4 is 61.4 Å². The minimum absolute atomic E-state index is 0.0379. The number of aliphatic hydroxyl groups is 1. The predicted molar refractivity (Wildman–Crippen MR) is 170 cm³/mol. The average Bonchev–Trinajstić information content (AvgIpc) is 3.69.